The first-order chi connectivity index (χ1) is 7.40. The minimum Gasteiger partial charge on any atom is -0.478 e. The highest BCUT2D eigenvalue weighted by atomic mass is 16.4. The van der Waals surface area contributed by atoms with Crippen molar-refractivity contribution in [2.24, 2.45) is 0 Å². The second-order valence-electron chi connectivity index (χ2n) is 5.13. The number of rotatable bonds is 1. The Hall–Kier alpha value is -1.57. The molecule has 0 saturated heterocycles. The molecule has 0 fully saturated rings. The molecule has 2 heteroatoms. The minimum atomic E-state index is -0.806. The van der Waals surface area contributed by atoms with Gasteiger partial charge in [-0.2, -0.15) is 0 Å². The Morgan fingerprint density at radius 2 is 2.06 bits per heavy atom. The van der Waals surface area contributed by atoms with Crippen LogP contribution in [0.2, 0.25) is 0 Å². The summed E-state index contributed by atoms with van der Waals surface area (Å²) in [4.78, 5) is 11.1. The minimum absolute atomic E-state index is 0.0934. The summed E-state index contributed by atoms with van der Waals surface area (Å²) in [6.07, 6.45) is 2.39. The quantitative estimate of drug-likeness (QED) is 0.783. The third-order valence-corrected chi connectivity index (χ3v) is 3.17. The van der Waals surface area contributed by atoms with Crippen molar-refractivity contribution in [1.82, 2.24) is 0 Å². The van der Waals surface area contributed by atoms with E-state index in [1.807, 2.05) is 12.1 Å². The summed E-state index contributed by atoms with van der Waals surface area (Å²) in [6, 6.07) is 6.19. The van der Waals surface area contributed by atoms with E-state index in [0.29, 0.717) is 12.0 Å². The molecule has 1 aliphatic carbocycles. The van der Waals surface area contributed by atoms with Gasteiger partial charge in [-0.15, -0.1) is 0 Å². The fourth-order valence-electron chi connectivity index (χ4n) is 2.33. The third-order valence-electron chi connectivity index (χ3n) is 3.17. The van der Waals surface area contributed by atoms with Crippen LogP contribution in [-0.4, -0.2) is 11.1 Å². The SMILES string of the molecule is Cc1ccc2c(c1)C(C)(C)CC(C(=O)O)=C2. The van der Waals surface area contributed by atoms with Crippen LogP contribution in [0.15, 0.2) is 23.8 Å². The molecule has 2 rings (SSSR count). The summed E-state index contributed by atoms with van der Waals surface area (Å²) in [5, 5.41) is 9.08. The van der Waals surface area contributed by atoms with Gasteiger partial charge in [0, 0.05) is 5.57 Å². The number of aryl methyl sites for hydroxylation is 1. The topological polar surface area (TPSA) is 37.3 Å². The van der Waals surface area contributed by atoms with Gasteiger partial charge in [-0.05, 0) is 36.0 Å². The molecule has 0 unspecified atom stereocenters. The van der Waals surface area contributed by atoms with Gasteiger partial charge in [-0.1, -0.05) is 37.6 Å². The maximum absolute atomic E-state index is 11.1. The first kappa shape index (κ1) is 10.9. The number of carbonyl (C=O) groups is 1. The Morgan fingerprint density at radius 1 is 1.38 bits per heavy atom. The zero-order valence-electron chi connectivity index (χ0n) is 9.87. The molecule has 84 valence electrons. The summed E-state index contributed by atoms with van der Waals surface area (Å²) in [7, 11) is 0. The van der Waals surface area contributed by atoms with E-state index in [1.54, 1.807) is 6.08 Å². The molecule has 1 aromatic rings. The molecule has 0 bridgehead atoms. The monoisotopic (exact) mass is 216 g/mol. The van der Waals surface area contributed by atoms with Crippen molar-refractivity contribution in [2.75, 3.05) is 0 Å². The van der Waals surface area contributed by atoms with Crippen LogP contribution in [0.3, 0.4) is 0 Å². The predicted octanol–water partition coefficient (Wildman–Crippen LogP) is 3.14. The number of carboxylic acid groups (broad SMARTS) is 1. The molecule has 0 amide bonds. The van der Waals surface area contributed by atoms with Crippen LogP contribution in [0.25, 0.3) is 6.08 Å². The van der Waals surface area contributed by atoms with Gasteiger partial charge >= 0.3 is 5.97 Å². The highest BCUT2D eigenvalue weighted by Gasteiger charge is 2.30. The van der Waals surface area contributed by atoms with Crippen molar-refractivity contribution in [3.8, 4) is 0 Å². The van der Waals surface area contributed by atoms with Crippen LogP contribution in [0.4, 0.5) is 0 Å². The highest BCUT2D eigenvalue weighted by Crippen LogP contribution is 2.38. The largest absolute Gasteiger partial charge is 0.478 e. The van der Waals surface area contributed by atoms with Gasteiger partial charge in [0.1, 0.15) is 0 Å². The fourth-order valence-corrected chi connectivity index (χ4v) is 2.33. The van der Waals surface area contributed by atoms with E-state index in [9.17, 15) is 4.79 Å². The van der Waals surface area contributed by atoms with Gasteiger partial charge in [0.25, 0.3) is 0 Å². The summed E-state index contributed by atoms with van der Waals surface area (Å²) < 4.78 is 0. The number of hydrogen-bond donors (Lipinski definition) is 1. The van der Waals surface area contributed by atoms with E-state index in [1.165, 1.54) is 11.1 Å². The first-order valence-corrected chi connectivity index (χ1v) is 5.45. The molecule has 1 aromatic carbocycles. The normalized spacial score (nSPS) is 17.6. The van der Waals surface area contributed by atoms with Gasteiger partial charge in [-0.25, -0.2) is 4.79 Å². The molecule has 1 N–H and O–H groups in total. The van der Waals surface area contributed by atoms with E-state index in [-0.39, 0.29) is 5.41 Å². The summed E-state index contributed by atoms with van der Waals surface area (Å²) in [5.41, 5.74) is 3.92. The van der Waals surface area contributed by atoms with Crippen LogP contribution in [-0.2, 0) is 10.2 Å². The Labute approximate surface area is 95.6 Å². The maximum Gasteiger partial charge on any atom is 0.331 e. The average Bonchev–Trinajstić information content (AvgIpc) is 2.18. The molecule has 0 aromatic heterocycles. The molecule has 16 heavy (non-hydrogen) atoms. The summed E-state index contributed by atoms with van der Waals surface area (Å²) in [5.74, 6) is -0.806. The molecule has 0 saturated carbocycles. The molecule has 0 aliphatic heterocycles. The van der Waals surface area contributed by atoms with E-state index in [4.69, 9.17) is 5.11 Å². The van der Waals surface area contributed by atoms with Crippen LogP contribution in [0.5, 0.6) is 0 Å². The summed E-state index contributed by atoms with van der Waals surface area (Å²) >= 11 is 0. The lowest BCUT2D eigenvalue weighted by molar-refractivity contribution is -0.132. The Kier molecular flexibility index (Phi) is 2.38. The van der Waals surface area contributed by atoms with Gasteiger partial charge in [0.05, 0.1) is 0 Å². The van der Waals surface area contributed by atoms with Crippen LogP contribution in [0, 0.1) is 6.92 Å². The third kappa shape index (κ3) is 1.75. The maximum atomic E-state index is 11.1. The van der Waals surface area contributed by atoms with Crippen molar-refractivity contribution in [3.63, 3.8) is 0 Å². The Bertz CT molecular complexity index is 482. The lowest BCUT2D eigenvalue weighted by atomic mass is 9.72. The predicted molar refractivity (Wildman–Crippen MR) is 64.4 cm³/mol. The van der Waals surface area contributed by atoms with Crippen molar-refractivity contribution in [1.29, 1.82) is 0 Å². The molecule has 0 spiro atoms. The fraction of sp³-hybridized carbons (Fsp3) is 0.357. The number of fused-ring (bicyclic) bond motifs is 1. The zero-order chi connectivity index (χ0) is 11.9. The van der Waals surface area contributed by atoms with E-state index in [2.05, 4.69) is 26.8 Å². The molecule has 1 aliphatic rings. The Morgan fingerprint density at radius 3 is 2.69 bits per heavy atom. The van der Waals surface area contributed by atoms with Crippen LogP contribution < -0.4 is 0 Å². The Balaban J connectivity index is 2.61. The number of benzene rings is 1. The van der Waals surface area contributed by atoms with Crippen molar-refractivity contribution in [2.45, 2.75) is 32.6 Å². The molecule has 0 heterocycles. The van der Waals surface area contributed by atoms with Crippen LogP contribution in [0.1, 0.15) is 37.0 Å². The molecule has 2 nitrogen and oxygen atoms in total. The van der Waals surface area contributed by atoms with E-state index >= 15 is 0 Å². The van der Waals surface area contributed by atoms with E-state index < -0.39 is 5.97 Å². The molecular weight excluding hydrogens is 200 g/mol. The smallest absolute Gasteiger partial charge is 0.331 e. The standard InChI is InChI=1S/C14H16O2/c1-9-4-5-10-7-11(13(15)16)8-14(2,3)12(10)6-9/h4-7H,8H2,1-3H3,(H,15,16). The van der Waals surface area contributed by atoms with Gasteiger partial charge in [0.15, 0.2) is 0 Å². The lowest BCUT2D eigenvalue weighted by Gasteiger charge is -2.31. The highest BCUT2D eigenvalue weighted by molar-refractivity contribution is 5.93. The van der Waals surface area contributed by atoms with Gasteiger partial charge in [-0.3, -0.25) is 0 Å². The van der Waals surface area contributed by atoms with Gasteiger partial charge < -0.3 is 5.11 Å². The summed E-state index contributed by atoms with van der Waals surface area (Å²) in [6.45, 7) is 6.26. The first-order valence-electron chi connectivity index (χ1n) is 5.45. The second kappa shape index (κ2) is 3.48. The molecule has 0 radical (unpaired) electrons. The number of aliphatic carboxylic acids is 1. The zero-order valence-corrected chi connectivity index (χ0v) is 9.87. The average molecular weight is 216 g/mol. The lowest BCUT2D eigenvalue weighted by Crippen LogP contribution is -2.25. The number of hydrogen-bond acceptors (Lipinski definition) is 1. The van der Waals surface area contributed by atoms with Gasteiger partial charge in [0.2, 0.25) is 0 Å². The van der Waals surface area contributed by atoms with Crippen molar-refractivity contribution < 1.29 is 9.90 Å². The van der Waals surface area contributed by atoms with Crippen molar-refractivity contribution in [3.05, 3.63) is 40.5 Å². The van der Waals surface area contributed by atoms with Crippen LogP contribution >= 0.6 is 0 Å². The van der Waals surface area contributed by atoms with E-state index in [0.717, 1.165) is 5.56 Å². The molecular formula is C14H16O2. The number of carboxylic acids is 1. The van der Waals surface area contributed by atoms with Crippen molar-refractivity contribution >= 4 is 12.0 Å². The second-order valence-corrected chi connectivity index (χ2v) is 5.13. The molecule has 0 atom stereocenters.